The number of aliphatic carboxylic acids is 2. The first-order valence-corrected chi connectivity index (χ1v) is 4.68. The maximum atomic E-state index is 9.82. The number of nitrogens with one attached hydrogen (secondary N) is 1. The summed E-state index contributed by atoms with van der Waals surface area (Å²) < 4.78 is 0. The van der Waals surface area contributed by atoms with E-state index in [-0.39, 0.29) is 20.5 Å². The largest absolute Gasteiger partial charge is 0.480 e. The molecule has 0 radical (unpaired) electrons. The molecule has 0 aromatic carbocycles. The van der Waals surface area contributed by atoms with Gasteiger partial charge in [0.1, 0.15) is 0 Å². The van der Waals surface area contributed by atoms with Gasteiger partial charge in [-0.25, -0.2) is 0 Å². The summed E-state index contributed by atoms with van der Waals surface area (Å²) in [5.41, 5.74) is 4.57. The molecule has 108 valence electrons. The van der Waals surface area contributed by atoms with Crippen molar-refractivity contribution in [3.05, 3.63) is 12.7 Å². The summed E-state index contributed by atoms with van der Waals surface area (Å²) >= 11 is 0. The summed E-state index contributed by atoms with van der Waals surface area (Å²) in [6.45, 7) is 3.22. The molecule has 0 unspecified atom stereocenters. The zero-order chi connectivity index (χ0) is 14.8. The average molecular weight is 272 g/mol. The third kappa shape index (κ3) is 66.4. The monoisotopic (exact) mass is 272 g/mol. The lowest BCUT2D eigenvalue weighted by Gasteiger charge is -1.93. The third-order valence-electron chi connectivity index (χ3n) is 0.956. The van der Waals surface area contributed by atoms with E-state index in [1.54, 1.807) is 6.07 Å². The van der Waals surface area contributed by atoms with Crippen LogP contribution in [0.15, 0.2) is 12.7 Å². The van der Waals surface area contributed by atoms with E-state index in [4.69, 9.17) is 20.7 Å². The number of carbonyl (C=O) groups is 2. The Hall–Kier alpha value is -2.42. The number of allylic oxidation sites excluding steroid dienone is 1. The van der Waals surface area contributed by atoms with Crippen LogP contribution in [0.5, 0.6) is 0 Å². The molecule has 0 aromatic rings. The lowest BCUT2D eigenvalue weighted by molar-refractivity contribution is -0.136. The Labute approximate surface area is 112 Å². The number of hydrogen-bond acceptors (Lipinski definition) is 6. The van der Waals surface area contributed by atoms with Gasteiger partial charge in [0.05, 0.1) is 25.2 Å². The van der Waals surface area contributed by atoms with E-state index in [1.165, 1.54) is 6.08 Å². The Bertz CT molecular complexity index is 318. The number of nitrogens with zero attached hydrogens (tertiary/aromatic N) is 2. The van der Waals surface area contributed by atoms with Crippen molar-refractivity contribution in [2.45, 2.75) is 13.8 Å². The molecule has 0 amide bonds. The summed E-state index contributed by atoms with van der Waals surface area (Å²) in [6, 6.07) is 3.58. The highest BCUT2D eigenvalue weighted by Gasteiger charge is 1.92. The molecule has 0 saturated carbocycles. The summed E-state index contributed by atoms with van der Waals surface area (Å²) in [5, 5.41) is 33.7. The molecule has 5 N–H and O–H groups in total. The van der Waals surface area contributed by atoms with Crippen molar-refractivity contribution in [2.24, 2.45) is 5.73 Å². The van der Waals surface area contributed by atoms with Crippen LogP contribution in [-0.2, 0) is 9.59 Å². The van der Waals surface area contributed by atoms with Gasteiger partial charge in [-0.3, -0.25) is 9.59 Å². The van der Waals surface area contributed by atoms with Crippen molar-refractivity contribution < 1.29 is 19.8 Å². The third-order valence-corrected chi connectivity index (χ3v) is 0.956. The van der Waals surface area contributed by atoms with E-state index in [0.29, 0.717) is 13.0 Å². The summed E-state index contributed by atoms with van der Waals surface area (Å²) in [6.07, 6.45) is 1.54. The predicted molar refractivity (Wildman–Crippen MR) is 70.0 cm³/mol. The van der Waals surface area contributed by atoms with Gasteiger partial charge in [-0.05, 0) is 0 Å². The highest BCUT2D eigenvalue weighted by Crippen LogP contribution is 1.68. The number of nitriles is 2. The van der Waals surface area contributed by atoms with Crippen LogP contribution in [-0.4, -0.2) is 41.8 Å². The first kappa shape index (κ1) is 25.4. The molecule has 0 aliphatic rings. The van der Waals surface area contributed by atoms with Crippen molar-refractivity contribution in [3.8, 4) is 12.1 Å². The quantitative estimate of drug-likeness (QED) is 0.399. The van der Waals surface area contributed by atoms with Gasteiger partial charge in [0.15, 0.2) is 0 Å². The molecule has 0 heterocycles. The molecular weight excluding hydrogens is 252 g/mol. The fourth-order valence-electron chi connectivity index (χ4n) is 0.340. The number of carboxylic acid groups (broad SMARTS) is 2. The minimum absolute atomic E-state index is 0. The minimum atomic E-state index is -0.968. The van der Waals surface area contributed by atoms with Gasteiger partial charge in [-0.2, -0.15) is 10.5 Å². The van der Waals surface area contributed by atoms with Gasteiger partial charge in [0, 0.05) is 19.0 Å². The Morgan fingerprint density at radius 1 is 1.32 bits per heavy atom. The molecule has 0 bridgehead atoms. The molecule has 8 heteroatoms. The van der Waals surface area contributed by atoms with Crippen molar-refractivity contribution >= 4 is 11.9 Å². The van der Waals surface area contributed by atoms with Gasteiger partial charge in [0.2, 0.25) is 0 Å². The van der Waals surface area contributed by atoms with E-state index in [1.807, 2.05) is 6.07 Å². The Kier molecular flexibility index (Phi) is 33.1. The number of carboxylic acids is 2. The second kappa shape index (κ2) is 24.7. The molecular formula is C11H20N4O4. The Morgan fingerprint density at radius 2 is 1.74 bits per heavy atom. The fourth-order valence-corrected chi connectivity index (χ4v) is 0.340. The first-order valence-electron chi connectivity index (χ1n) is 4.68. The van der Waals surface area contributed by atoms with Crippen LogP contribution in [0.2, 0.25) is 0 Å². The topological polar surface area (TPSA) is 160 Å². The van der Waals surface area contributed by atoms with Crippen LogP contribution >= 0.6 is 0 Å². The highest BCUT2D eigenvalue weighted by molar-refractivity contribution is 5.69. The molecule has 0 atom stereocenters. The van der Waals surface area contributed by atoms with Gasteiger partial charge in [0.25, 0.3) is 0 Å². The zero-order valence-electron chi connectivity index (χ0n) is 9.80. The minimum Gasteiger partial charge on any atom is -0.480 e. The SMILES string of the molecule is C.C=CC#N.N#CCCNCC(=O)O.NCC(=O)O. The number of hydrogen-bond donors (Lipinski definition) is 4. The lowest BCUT2D eigenvalue weighted by Crippen LogP contribution is -2.22. The summed E-state index contributed by atoms with van der Waals surface area (Å²) in [5.74, 6) is -1.86. The van der Waals surface area contributed by atoms with Crippen LogP contribution in [0.3, 0.4) is 0 Å². The Morgan fingerprint density at radius 3 is 1.95 bits per heavy atom. The maximum absolute atomic E-state index is 9.82. The van der Waals surface area contributed by atoms with Crippen molar-refractivity contribution in [2.75, 3.05) is 19.6 Å². The molecule has 8 nitrogen and oxygen atoms in total. The summed E-state index contributed by atoms with van der Waals surface area (Å²) in [4.78, 5) is 19.1. The van der Waals surface area contributed by atoms with Gasteiger partial charge >= 0.3 is 11.9 Å². The predicted octanol–water partition coefficient (Wildman–Crippen LogP) is -0.0639. The van der Waals surface area contributed by atoms with Crippen LogP contribution < -0.4 is 11.1 Å². The van der Waals surface area contributed by atoms with Crippen LogP contribution in [0.1, 0.15) is 13.8 Å². The van der Waals surface area contributed by atoms with E-state index in [0.717, 1.165) is 0 Å². The molecule has 19 heavy (non-hydrogen) atoms. The van der Waals surface area contributed by atoms with Gasteiger partial charge < -0.3 is 21.3 Å². The molecule has 0 aliphatic heterocycles. The van der Waals surface area contributed by atoms with E-state index in [2.05, 4.69) is 17.6 Å². The van der Waals surface area contributed by atoms with Crippen LogP contribution in [0.25, 0.3) is 0 Å². The molecule has 0 rings (SSSR count). The highest BCUT2D eigenvalue weighted by atomic mass is 16.4. The van der Waals surface area contributed by atoms with Crippen molar-refractivity contribution in [1.82, 2.24) is 5.32 Å². The van der Waals surface area contributed by atoms with Gasteiger partial charge in [-0.15, -0.1) is 0 Å². The van der Waals surface area contributed by atoms with Crippen molar-refractivity contribution in [1.29, 1.82) is 10.5 Å². The van der Waals surface area contributed by atoms with E-state index < -0.39 is 11.9 Å². The second-order valence-electron chi connectivity index (χ2n) is 2.41. The molecule has 0 aliphatic carbocycles. The fraction of sp³-hybridized carbons (Fsp3) is 0.455. The lowest BCUT2D eigenvalue weighted by atomic mass is 10.4. The smallest absolute Gasteiger partial charge is 0.317 e. The average Bonchev–Trinajstić information content (AvgIpc) is 2.35. The molecule has 0 saturated heterocycles. The standard InChI is InChI=1S/C5H8N2O2.C3H3N.C2H5NO2.CH4/c6-2-1-3-7-4-5(8)9;1-2-3-4;3-1-2(4)5;/h7H,1,3-4H2,(H,8,9);2H,1H2;1,3H2,(H,4,5);1H4. The zero-order valence-corrected chi connectivity index (χ0v) is 9.80. The van der Waals surface area contributed by atoms with Crippen LogP contribution in [0.4, 0.5) is 0 Å². The number of nitrogens with two attached hydrogens (primary N) is 1. The first-order chi connectivity index (χ1) is 8.45. The summed E-state index contributed by atoms with van der Waals surface area (Å²) in [7, 11) is 0. The maximum Gasteiger partial charge on any atom is 0.317 e. The molecule has 0 spiro atoms. The molecule has 0 aromatic heterocycles. The van der Waals surface area contributed by atoms with E-state index in [9.17, 15) is 9.59 Å². The Balaban J connectivity index is -0.0000000964. The number of rotatable bonds is 5. The van der Waals surface area contributed by atoms with E-state index >= 15 is 0 Å². The van der Waals surface area contributed by atoms with Gasteiger partial charge in [-0.1, -0.05) is 14.0 Å². The normalized spacial score (nSPS) is 6.68. The molecule has 0 fully saturated rings. The van der Waals surface area contributed by atoms with Crippen molar-refractivity contribution in [3.63, 3.8) is 0 Å². The van der Waals surface area contributed by atoms with Crippen LogP contribution in [0, 0.1) is 22.7 Å². The second-order valence-corrected chi connectivity index (χ2v) is 2.41.